The summed E-state index contributed by atoms with van der Waals surface area (Å²) in [5.41, 5.74) is -1.50. The van der Waals surface area contributed by atoms with Crippen molar-refractivity contribution in [2.24, 2.45) is 0 Å². The summed E-state index contributed by atoms with van der Waals surface area (Å²) in [4.78, 5) is 21.5. The van der Waals surface area contributed by atoms with Gasteiger partial charge in [0, 0.05) is 24.7 Å². The van der Waals surface area contributed by atoms with Gasteiger partial charge in [0.2, 0.25) is 11.5 Å². The van der Waals surface area contributed by atoms with Crippen LogP contribution in [0.1, 0.15) is 22.7 Å². The molecule has 3 aromatic rings. The summed E-state index contributed by atoms with van der Waals surface area (Å²) < 4.78 is 39.4. The Kier molecular flexibility index (Phi) is 4.50. The molecule has 1 aliphatic rings. The molecule has 0 bridgehead atoms. The summed E-state index contributed by atoms with van der Waals surface area (Å²) in [7, 11) is 1.55. The van der Waals surface area contributed by atoms with Gasteiger partial charge in [-0.3, -0.25) is 9.78 Å². The number of methoxy groups -OCH3 is 1. The van der Waals surface area contributed by atoms with Crippen LogP contribution in [0.25, 0.3) is 11.4 Å². The maximum absolute atomic E-state index is 15.4. The highest BCUT2D eigenvalue weighted by Gasteiger charge is 2.46. The Bertz CT molecular complexity index is 1010. The van der Waals surface area contributed by atoms with Gasteiger partial charge in [-0.05, 0) is 30.3 Å². The number of hydrogen-bond acceptors (Lipinski definition) is 6. The zero-order valence-electron chi connectivity index (χ0n) is 14.9. The van der Waals surface area contributed by atoms with Crippen LogP contribution in [0.4, 0.5) is 8.78 Å². The van der Waals surface area contributed by atoms with Crippen LogP contribution >= 0.6 is 0 Å². The van der Waals surface area contributed by atoms with Crippen LogP contribution in [-0.2, 0) is 5.67 Å². The molecule has 28 heavy (non-hydrogen) atoms. The molecule has 1 aromatic carbocycles. The molecule has 9 heteroatoms. The van der Waals surface area contributed by atoms with Gasteiger partial charge in [-0.1, -0.05) is 5.16 Å². The smallest absolute Gasteiger partial charge is 0.266 e. The van der Waals surface area contributed by atoms with Crippen molar-refractivity contribution in [1.82, 2.24) is 20.0 Å². The second-order valence-corrected chi connectivity index (χ2v) is 6.45. The molecule has 1 fully saturated rings. The summed E-state index contributed by atoms with van der Waals surface area (Å²) >= 11 is 0. The minimum atomic E-state index is -1.99. The van der Waals surface area contributed by atoms with E-state index in [0.717, 1.165) is 6.20 Å². The number of alkyl halides is 1. The Labute approximate surface area is 159 Å². The number of pyridine rings is 1. The molecule has 3 heterocycles. The largest absolute Gasteiger partial charge is 0.497 e. The topological polar surface area (TPSA) is 81.4 Å². The predicted molar refractivity (Wildman–Crippen MR) is 93.8 cm³/mol. The van der Waals surface area contributed by atoms with E-state index >= 15 is 4.39 Å². The summed E-state index contributed by atoms with van der Waals surface area (Å²) in [5, 5.41) is 3.84. The van der Waals surface area contributed by atoms with Gasteiger partial charge in [0.15, 0.2) is 5.82 Å². The van der Waals surface area contributed by atoms with Gasteiger partial charge in [0.1, 0.15) is 5.75 Å². The van der Waals surface area contributed by atoms with Crippen molar-refractivity contribution in [2.45, 2.75) is 12.1 Å². The number of carbonyl (C=O) groups excluding carboxylic acids is 1. The third-order valence-corrected chi connectivity index (χ3v) is 4.67. The Morgan fingerprint density at radius 3 is 2.79 bits per heavy atom. The van der Waals surface area contributed by atoms with E-state index in [4.69, 9.17) is 9.26 Å². The van der Waals surface area contributed by atoms with Crippen molar-refractivity contribution < 1.29 is 22.8 Å². The number of nitrogens with zero attached hydrogens (tertiary/aromatic N) is 4. The van der Waals surface area contributed by atoms with Crippen molar-refractivity contribution in [3.63, 3.8) is 0 Å². The van der Waals surface area contributed by atoms with E-state index in [1.165, 1.54) is 17.2 Å². The molecule has 0 saturated carbocycles. The van der Waals surface area contributed by atoms with Crippen molar-refractivity contribution in [1.29, 1.82) is 0 Å². The van der Waals surface area contributed by atoms with Crippen LogP contribution in [0.15, 0.2) is 47.2 Å². The normalized spacial score (nSPS) is 19.0. The molecule has 1 amide bonds. The summed E-state index contributed by atoms with van der Waals surface area (Å²) in [6.07, 6.45) is 2.25. The highest BCUT2D eigenvalue weighted by atomic mass is 19.1. The number of ether oxygens (including phenoxy) is 1. The minimum Gasteiger partial charge on any atom is -0.497 e. The van der Waals surface area contributed by atoms with Gasteiger partial charge in [-0.2, -0.15) is 4.98 Å². The number of rotatable bonds is 4. The number of carbonyl (C=O) groups is 1. The van der Waals surface area contributed by atoms with Gasteiger partial charge in [-0.15, -0.1) is 0 Å². The monoisotopic (exact) mass is 386 g/mol. The van der Waals surface area contributed by atoms with Gasteiger partial charge < -0.3 is 14.2 Å². The average molecular weight is 386 g/mol. The van der Waals surface area contributed by atoms with E-state index in [2.05, 4.69) is 15.1 Å². The second-order valence-electron chi connectivity index (χ2n) is 6.45. The molecular weight excluding hydrogens is 370 g/mol. The molecule has 1 saturated heterocycles. The highest BCUT2D eigenvalue weighted by Crippen LogP contribution is 2.36. The van der Waals surface area contributed by atoms with E-state index in [1.807, 2.05) is 0 Å². The molecule has 1 aliphatic heterocycles. The Hall–Kier alpha value is -3.36. The Balaban J connectivity index is 1.53. The first-order valence-corrected chi connectivity index (χ1v) is 8.56. The second kappa shape index (κ2) is 6.99. The highest BCUT2D eigenvalue weighted by molar-refractivity contribution is 5.94. The zero-order valence-corrected chi connectivity index (χ0v) is 14.9. The van der Waals surface area contributed by atoms with Crippen molar-refractivity contribution >= 4 is 5.91 Å². The lowest BCUT2D eigenvalue weighted by Gasteiger charge is -2.18. The fraction of sp³-hybridized carbons (Fsp3) is 0.263. The van der Waals surface area contributed by atoms with E-state index in [0.29, 0.717) is 11.3 Å². The third kappa shape index (κ3) is 3.19. The maximum atomic E-state index is 15.4. The van der Waals surface area contributed by atoms with Crippen LogP contribution in [0.3, 0.4) is 0 Å². The Morgan fingerprint density at radius 2 is 2.07 bits per heavy atom. The van der Waals surface area contributed by atoms with E-state index in [9.17, 15) is 9.18 Å². The van der Waals surface area contributed by atoms with Gasteiger partial charge in [0.05, 0.1) is 25.4 Å². The summed E-state index contributed by atoms with van der Waals surface area (Å²) in [6, 6.07) is 8.19. The molecule has 0 spiro atoms. The number of hydrogen-bond donors (Lipinski definition) is 0. The molecular formula is C19H16F2N4O3. The molecule has 1 unspecified atom stereocenters. The van der Waals surface area contributed by atoms with Crippen molar-refractivity contribution in [3.05, 3.63) is 60.0 Å². The van der Waals surface area contributed by atoms with E-state index in [-0.39, 0.29) is 36.8 Å². The van der Waals surface area contributed by atoms with Crippen LogP contribution < -0.4 is 4.74 Å². The van der Waals surface area contributed by atoms with Crippen LogP contribution in [0, 0.1) is 5.82 Å². The lowest BCUT2D eigenvalue weighted by atomic mass is 10.1. The number of halogens is 2. The van der Waals surface area contributed by atoms with Crippen LogP contribution in [0.5, 0.6) is 5.75 Å². The first kappa shape index (κ1) is 18.0. The minimum absolute atomic E-state index is 0.0182. The summed E-state index contributed by atoms with van der Waals surface area (Å²) in [6.45, 7) is -0.185. The fourth-order valence-electron chi connectivity index (χ4n) is 3.10. The number of likely N-dealkylation sites (tertiary alicyclic amines) is 1. The van der Waals surface area contributed by atoms with Crippen molar-refractivity contribution in [3.8, 4) is 17.1 Å². The molecule has 0 aliphatic carbocycles. The molecule has 7 nitrogen and oxygen atoms in total. The van der Waals surface area contributed by atoms with Gasteiger partial charge in [-0.25, -0.2) is 8.78 Å². The van der Waals surface area contributed by atoms with Gasteiger partial charge >= 0.3 is 0 Å². The number of amides is 1. The molecule has 2 aromatic heterocycles. The predicted octanol–water partition coefficient (Wildman–Crippen LogP) is 2.99. The van der Waals surface area contributed by atoms with E-state index in [1.54, 1.807) is 31.4 Å². The average Bonchev–Trinajstić information content (AvgIpc) is 3.36. The number of benzene rings is 1. The molecule has 1 atom stereocenters. The first-order valence-electron chi connectivity index (χ1n) is 8.56. The van der Waals surface area contributed by atoms with Crippen molar-refractivity contribution in [2.75, 3.05) is 20.2 Å². The molecule has 0 radical (unpaired) electrons. The lowest BCUT2D eigenvalue weighted by Crippen LogP contribution is -2.33. The third-order valence-electron chi connectivity index (χ3n) is 4.67. The quantitative estimate of drug-likeness (QED) is 0.686. The summed E-state index contributed by atoms with van der Waals surface area (Å²) in [5.74, 6) is -0.649. The first-order chi connectivity index (χ1) is 13.5. The zero-order chi connectivity index (χ0) is 19.7. The number of aromatic nitrogens is 3. The SMILES string of the molecule is COc1ccc(-c2noc(C3(F)CCN(C(=O)c4ccncc4F)C3)n2)cc1. The van der Waals surface area contributed by atoms with Gasteiger partial charge in [0.25, 0.3) is 11.8 Å². The van der Waals surface area contributed by atoms with E-state index < -0.39 is 17.4 Å². The Morgan fingerprint density at radius 1 is 1.29 bits per heavy atom. The maximum Gasteiger partial charge on any atom is 0.266 e. The van der Waals surface area contributed by atoms with Crippen LogP contribution in [-0.4, -0.2) is 46.1 Å². The standard InChI is InChI=1S/C19H16F2N4O3/c1-27-13-4-2-12(3-5-13)16-23-18(28-24-16)19(21)7-9-25(11-19)17(26)14-6-8-22-10-15(14)20/h2-6,8,10H,7,9,11H2,1H3. The lowest BCUT2D eigenvalue weighted by molar-refractivity contribution is 0.0712. The van der Waals surface area contributed by atoms with Crippen LogP contribution in [0.2, 0.25) is 0 Å². The molecule has 144 valence electrons. The molecule has 4 rings (SSSR count). The molecule has 0 N–H and O–H groups in total. The fourth-order valence-corrected chi connectivity index (χ4v) is 3.10.